The van der Waals surface area contributed by atoms with E-state index in [4.69, 9.17) is 4.74 Å². The van der Waals surface area contributed by atoms with Gasteiger partial charge in [0.05, 0.1) is 24.1 Å². The zero-order chi connectivity index (χ0) is 29.0. The van der Waals surface area contributed by atoms with Crippen LogP contribution in [0.25, 0.3) is 0 Å². The number of halogens is 2. The Morgan fingerprint density at radius 2 is 1.86 bits per heavy atom. The molecule has 2 heterocycles. The fraction of sp³-hybridized carbons (Fsp3) is 0.607. The highest BCUT2D eigenvalue weighted by molar-refractivity contribution is 5.28. The Morgan fingerprint density at radius 1 is 1.24 bits per heavy atom. The fourth-order valence-corrected chi connectivity index (χ4v) is 3.23. The number of allylic oxidation sites excluding steroid dienone is 3. The number of nitrogens with zero attached hydrogens (tertiary/aromatic N) is 1. The molecule has 0 spiro atoms. The van der Waals surface area contributed by atoms with E-state index in [2.05, 4.69) is 23.0 Å². The first-order chi connectivity index (χ1) is 17.7. The van der Waals surface area contributed by atoms with Crippen molar-refractivity contribution in [2.45, 2.75) is 81.5 Å². The zero-order valence-corrected chi connectivity index (χ0v) is 24.5. The van der Waals surface area contributed by atoms with Gasteiger partial charge in [-0.1, -0.05) is 54.5 Å². The molecule has 9 heteroatoms. The normalized spacial score (nSPS) is 17.3. The molecule has 1 aliphatic heterocycles. The highest BCUT2D eigenvalue weighted by atomic mass is 19.1. The van der Waals surface area contributed by atoms with Crippen molar-refractivity contribution in [3.05, 3.63) is 69.4 Å². The molecule has 0 fully saturated rings. The molecule has 0 bridgehead atoms. The minimum atomic E-state index is -1.29. The van der Waals surface area contributed by atoms with Crippen molar-refractivity contribution in [1.29, 1.82) is 0 Å². The molecule has 0 amide bonds. The van der Waals surface area contributed by atoms with Crippen molar-refractivity contribution in [2.24, 2.45) is 5.41 Å². The lowest BCUT2D eigenvalue weighted by Gasteiger charge is -2.23. The van der Waals surface area contributed by atoms with Crippen molar-refractivity contribution in [3.63, 3.8) is 0 Å². The highest BCUT2D eigenvalue weighted by Crippen LogP contribution is 2.23. The molecule has 2 rings (SSSR count). The lowest BCUT2D eigenvalue weighted by atomic mass is 9.93. The zero-order valence-electron chi connectivity index (χ0n) is 24.5. The molecule has 0 radical (unpaired) electrons. The first-order valence-electron chi connectivity index (χ1n) is 13.2. The van der Waals surface area contributed by atoms with E-state index in [-0.39, 0.29) is 29.4 Å². The first-order valence-corrected chi connectivity index (χ1v) is 13.2. The van der Waals surface area contributed by atoms with E-state index >= 15 is 0 Å². The third-order valence-electron chi connectivity index (χ3n) is 5.20. The third-order valence-corrected chi connectivity index (χ3v) is 5.20. The van der Waals surface area contributed by atoms with E-state index in [0.29, 0.717) is 25.3 Å². The molecule has 37 heavy (non-hydrogen) atoms. The van der Waals surface area contributed by atoms with Crippen molar-refractivity contribution in [3.8, 4) is 0 Å². The van der Waals surface area contributed by atoms with Crippen LogP contribution >= 0.6 is 0 Å². The minimum absolute atomic E-state index is 0.0377. The quantitative estimate of drug-likeness (QED) is 0.216. The monoisotopic (exact) mass is 528 g/mol. The van der Waals surface area contributed by atoms with Crippen LogP contribution in [0, 0.1) is 12.3 Å². The molecule has 2 unspecified atom stereocenters. The van der Waals surface area contributed by atoms with E-state index in [1.54, 1.807) is 24.9 Å². The Bertz CT molecular complexity index is 913. The van der Waals surface area contributed by atoms with E-state index in [0.717, 1.165) is 17.8 Å². The van der Waals surface area contributed by atoms with Gasteiger partial charge in [0.1, 0.15) is 17.9 Å². The number of pyridine rings is 1. The molecular weight excluding hydrogens is 478 g/mol. The molecule has 1 aromatic rings. The summed E-state index contributed by atoms with van der Waals surface area (Å²) in [5.74, 6) is -1.32. The maximum Gasteiger partial charge on any atom is 0.192 e. The third kappa shape index (κ3) is 12.5. The summed E-state index contributed by atoms with van der Waals surface area (Å²) in [5, 5.41) is 16.5. The predicted octanol–water partition coefficient (Wildman–Crippen LogP) is 5.75. The van der Waals surface area contributed by atoms with Gasteiger partial charge in [0.2, 0.25) is 0 Å². The van der Waals surface area contributed by atoms with Gasteiger partial charge in [0.15, 0.2) is 5.43 Å². The van der Waals surface area contributed by atoms with E-state index in [1.165, 1.54) is 13.1 Å². The molecule has 4 N–H and O–H groups in total. The van der Waals surface area contributed by atoms with Crippen molar-refractivity contribution >= 4 is 0 Å². The van der Waals surface area contributed by atoms with Crippen molar-refractivity contribution in [1.82, 2.24) is 15.3 Å². The van der Waals surface area contributed by atoms with E-state index < -0.39 is 17.9 Å². The fourth-order valence-electron chi connectivity index (χ4n) is 3.23. The maximum atomic E-state index is 13.6. The highest BCUT2D eigenvalue weighted by Gasteiger charge is 2.25. The second kappa shape index (κ2) is 20.6. The van der Waals surface area contributed by atoms with Crippen LogP contribution in [-0.4, -0.2) is 36.5 Å². The Hall–Kier alpha value is -2.49. The number of aliphatic hydroxyl groups is 1. The van der Waals surface area contributed by atoms with Gasteiger partial charge in [-0.05, 0) is 19.9 Å². The summed E-state index contributed by atoms with van der Waals surface area (Å²) in [6, 6.07) is 0. The molecule has 1 aliphatic rings. The summed E-state index contributed by atoms with van der Waals surface area (Å²) in [4.78, 5) is 12.8. The van der Waals surface area contributed by atoms with Crippen molar-refractivity contribution in [2.75, 3.05) is 32.2 Å². The van der Waals surface area contributed by atoms with Gasteiger partial charge >= 0.3 is 0 Å². The molecule has 2 atom stereocenters. The van der Waals surface area contributed by atoms with Crippen molar-refractivity contribution < 1.29 is 18.6 Å². The average Bonchev–Trinajstić information content (AvgIpc) is 3.36. The van der Waals surface area contributed by atoms with Gasteiger partial charge in [-0.15, -0.1) is 0 Å². The molecule has 0 aliphatic carbocycles. The predicted molar refractivity (Wildman–Crippen MR) is 151 cm³/mol. The smallest absolute Gasteiger partial charge is 0.192 e. The summed E-state index contributed by atoms with van der Waals surface area (Å²) >= 11 is 0. The Morgan fingerprint density at radius 3 is 2.38 bits per heavy atom. The van der Waals surface area contributed by atoms with E-state index in [9.17, 15) is 18.7 Å². The summed E-state index contributed by atoms with van der Waals surface area (Å²) in [6.45, 7) is 19.0. The molecule has 1 aromatic heterocycles. The van der Waals surface area contributed by atoms with Crippen LogP contribution in [0.2, 0.25) is 0 Å². The van der Waals surface area contributed by atoms with Gasteiger partial charge < -0.3 is 20.6 Å². The maximum absolute atomic E-state index is 13.6. The van der Waals surface area contributed by atoms with Crippen LogP contribution in [0.3, 0.4) is 0 Å². The van der Waals surface area contributed by atoms with Crippen LogP contribution in [0.1, 0.15) is 84.9 Å². The number of ether oxygens (including phenoxy) is 1. The number of nitrogens with one attached hydrogen (secondary N) is 3. The molecule has 7 nitrogen and oxygen atoms in total. The SMILES string of the molecule is C/C=C(F)\C=C(\F)CCNC(O)c1cn(NC)c(CNCC2(C)C=COC2)c(C)c1=O.CC.CC.CC. The largest absolute Gasteiger partial charge is 0.501 e. The van der Waals surface area contributed by atoms with E-state index in [1.807, 2.05) is 47.6 Å². The van der Waals surface area contributed by atoms with Crippen LogP contribution in [0.5, 0.6) is 0 Å². The van der Waals surface area contributed by atoms with Gasteiger partial charge in [0.25, 0.3) is 0 Å². The van der Waals surface area contributed by atoms with Gasteiger partial charge in [-0.25, -0.2) is 8.78 Å². The van der Waals surface area contributed by atoms with Gasteiger partial charge in [-0.3, -0.25) is 14.8 Å². The number of aliphatic hydroxyl groups excluding tert-OH is 1. The number of aromatic nitrogens is 1. The summed E-state index contributed by atoms with van der Waals surface area (Å²) < 4.78 is 33.7. The van der Waals surface area contributed by atoms with Crippen LogP contribution in [0.15, 0.2) is 47.1 Å². The van der Waals surface area contributed by atoms with Crippen LogP contribution < -0.4 is 21.5 Å². The molecule has 0 aromatic carbocycles. The van der Waals surface area contributed by atoms with Gasteiger partial charge in [-0.2, -0.15) is 0 Å². The van der Waals surface area contributed by atoms with Crippen LogP contribution in [-0.2, 0) is 11.3 Å². The first kappa shape index (κ1) is 36.7. The average molecular weight is 529 g/mol. The van der Waals surface area contributed by atoms with Gasteiger partial charge in [0, 0.05) is 56.4 Å². The Labute approximate surface area is 222 Å². The standard InChI is InChI=1S/C22H32F2N4O3.3C2H6/c1-5-16(23)10-17(24)6-8-27-21(30)18-12-28(25-4)19(15(2)20(18)29)11-26-13-22(3)7-9-31-14-22;3*1-2/h5,7,9-10,12,21,25-27,30H,6,8,11,13-14H2,1-4H3;3*1-2H3/b16-5+,17-10+;;;. The lowest BCUT2D eigenvalue weighted by molar-refractivity contribution is 0.137. The second-order valence-corrected chi connectivity index (χ2v) is 7.82. The summed E-state index contributed by atoms with van der Waals surface area (Å²) in [7, 11) is 1.71. The Balaban J connectivity index is 0. The molecule has 214 valence electrons. The minimum Gasteiger partial charge on any atom is -0.501 e. The van der Waals surface area contributed by atoms with Crippen LogP contribution in [0.4, 0.5) is 8.78 Å². The topological polar surface area (TPSA) is 87.6 Å². The number of rotatable bonds is 11. The second-order valence-electron chi connectivity index (χ2n) is 7.82. The molecular formula is C28H50F2N4O3. The number of hydrogen-bond acceptors (Lipinski definition) is 6. The molecule has 0 saturated carbocycles. The molecule has 0 saturated heterocycles. The summed E-state index contributed by atoms with van der Waals surface area (Å²) in [5.41, 5.74) is 3.97. The lowest BCUT2D eigenvalue weighted by Crippen LogP contribution is -2.35. The summed E-state index contributed by atoms with van der Waals surface area (Å²) in [6.07, 6.45) is 5.77. The number of hydrogen-bond donors (Lipinski definition) is 4. The Kier molecular flexibility index (Phi) is 20.4.